The molecule has 42 heavy (non-hydrogen) atoms. The minimum Gasteiger partial charge on any atom is -0.469 e. The fourth-order valence-corrected chi connectivity index (χ4v) is 6.97. The number of rotatable bonds is 13. The van der Waals surface area contributed by atoms with Crippen molar-refractivity contribution in [3.8, 4) is 0 Å². The van der Waals surface area contributed by atoms with Crippen molar-refractivity contribution in [2.75, 3.05) is 26.8 Å². The van der Waals surface area contributed by atoms with E-state index in [2.05, 4.69) is 63.9 Å². The molecule has 0 saturated carbocycles. The summed E-state index contributed by atoms with van der Waals surface area (Å²) < 4.78 is 32.9. The Kier molecular flexibility index (Phi) is 11.6. The molecule has 0 bridgehead atoms. The number of methoxy groups -OCH3 is 1. The van der Waals surface area contributed by atoms with E-state index in [0.717, 1.165) is 49.0 Å². The molecule has 3 atom stereocenters. The first-order valence-electron chi connectivity index (χ1n) is 15.5. The molecule has 0 aliphatic carbocycles. The Balaban J connectivity index is 1.77. The van der Waals surface area contributed by atoms with Gasteiger partial charge >= 0.3 is 5.97 Å². The third-order valence-corrected chi connectivity index (χ3v) is 13.8. The number of hydrogen-bond acceptors (Lipinski definition) is 5. The van der Waals surface area contributed by atoms with E-state index in [0.29, 0.717) is 24.6 Å². The van der Waals surface area contributed by atoms with Crippen molar-refractivity contribution in [1.29, 1.82) is 0 Å². The maximum atomic E-state index is 14.3. The summed E-state index contributed by atoms with van der Waals surface area (Å²) in [7, 11) is -0.630. The summed E-state index contributed by atoms with van der Waals surface area (Å²) in [5.41, 5.74) is 3.27. The molecule has 2 aromatic carbocycles. The van der Waals surface area contributed by atoms with Crippen molar-refractivity contribution in [2.45, 2.75) is 111 Å². The minimum atomic E-state index is -2.07. The van der Waals surface area contributed by atoms with E-state index >= 15 is 0 Å². The van der Waals surface area contributed by atoms with E-state index in [4.69, 9.17) is 13.9 Å². The molecule has 2 aromatic rings. The zero-order valence-corrected chi connectivity index (χ0v) is 28.7. The molecule has 1 saturated heterocycles. The number of halogens is 1. The number of likely N-dealkylation sites (tertiary alicyclic amines) is 1. The summed E-state index contributed by atoms with van der Waals surface area (Å²) in [4.78, 5) is 14.9. The van der Waals surface area contributed by atoms with Crippen molar-refractivity contribution in [1.82, 2.24) is 4.90 Å². The van der Waals surface area contributed by atoms with E-state index in [1.165, 1.54) is 7.11 Å². The summed E-state index contributed by atoms with van der Waals surface area (Å²) in [5.74, 6) is -0.351. The Morgan fingerprint density at radius 3 is 2.45 bits per heavy atom. The summed E-state index contributed by atoms with van der Waals surface area (Å²) in [6.45, 7) is 21.4. The number of ether oxygens (including phenoxy) is 2. The van der Waals surface area contributed by atoms with Gasteiger partial charge in [0, 0.05) is 12.6 Å². The highest BCUT2D eigenvalue weighted by molar-refractivity contribution is 6.74. The average molecular weight is 600 g/mol. The fraction of sp³-hybridized carbons (Fsp3) is 0.629. The Bertz CT molecular complexity index is 1190. The van der Waals surface area contributed by atoms with Gasteiger partial charge in [-0.3, -0.25) is 9.69 Å². The number of esters is 1. The lowest BCUT2D eigenvalue weighted by Crippen LogP contribution is -2.49. The molecule has 0 aromatic heterocycles. The molecule has 0 radical (unpaired) electrons. The third kappa shape index (κ3) is 8.98. The largest absolute Gasteiger partial charge is 0.469 e. The summed E-state index contributed by atoms with van der Waals surface area (Å²) >= 11 is 0. The highest BCUT2D eigenvalue weighted by Crippen LogP contribution is 2.38. The number of nitrogens with zero attached hydrogens (tertiary/aromatic N) is 1. The van der Waals surface area contributed by atoms with Crippen molar-refractivity contribution in [3.63, 3.8) is 0 Å². The lowest BCUT2D eigenvalue weighted by molar-refractivity contribution is -0.150. The van der Waals surface area contributed by atoms with Gasteiger partial charge in [-0.05, 0) is 106 Å². The van der Waals surface area contributed by atoms with Crippen LogP contribution in [0.4, 0.5) is 4.39 Å². The van der Waals surface area contributed by atoms with Crippen LogP contribution in [0, 0.1) is 18.2 Å². The molecule has 0 amide bonds. The molecule has 1 aliphatic heterocycles. The van der Waals surface area contributed by atoms with E-state index in [-0.39, 0.29) is 29.0 Å². The molecule has 1 fully saturated rings. The monoisotopic (exact) mass is 599 g/mol. The highest BCUT2D eigenvalue weighted by atomic mass is 28.4. The van der Waals surface area contributed by atoms with Crippen LogP contribution < -0.4 is 0 Å². The summed E-state index contributed by atoms with van der Waals surface area (Å²) in [6, 6.07) is 14.2. The maximum Gasteiger partial charge on any atom is 0.311 e. The minimum absolute atomic E-state index is 0.0762. The number of carbonyl (C=O) groups excluding carboxylic acids is 1. The van der Waals surface area contributed by atoms with Gasteiger partial charge in [0.2, 0.25) is 0 Å². The zero-order chi connectivity index (χ0) is 31.3. The van der Waals surface area contributed by atoms with Gasteiger partial charge < -0.3 is 13.9 Å². The highest BCUT2D eigenvalue weighted by Gasteiger charge is 2.40. The van der Waals surface area contributed by atoms with E-state index in [1.54, 1.807) is 6.07 Å². The molecule has 1 heterocycles. The van der Waals surface area contributed by atoms with Crippen LogP contribution in [0.15, 0.2) is 42.5 Å². The van der Waals surface area contributed by atoms with Crippen LogP contribution in [0.1, 0.15) is 82.7 Å². The summed E-state index contributed by atoms with van der Waals surface area (Å²) in [5, 5.41) is 0.0762. The molecule has 5 nitrogen and oxygen atoms in total. The van der Waals surface area contributed by atoms with Gasteiger partial charge in [0.15, 0.2) is 8.32 Å². The SMILES string of the molecule is COC(=O)C(C)(C)Cc1ccccc1[C@@H](C)OC[C@H](CN1CCC[C@H]1Cc1ccc(C)c(F)c1)O[Si](C)(C)C(C)(C)C. The van der Waals surface area contributed by atoms with Crippen molar-refractivity contribution < 1.29 is 23.1 Å². The summed E-state index contributed by atoms with van der Waals surface area (Å²) in [6.07, 6.45) is 3.40. The molecular formula is C35H54FNO4Si. The maximum absolute atomic E-state index is 14.3. The van der Waals surface area contributed by atoms with Crippen LogP contribution in [0.2, 0.25) is 18.1 Å². The Morgan fingerprint density at radius 2 is 1.81 bits per heavy atom. The third-order valence-electron chi connectivity index (χ3n) is 9.31. The molecule has 0 N–H and O–H groups in total. The number of hydrogen-bond donors (Lipinski definition) is 0. The molecule has 0 spiro atoms. The van der Waals surface area contributed by atoms with Gasteiger partial charge in [0.05, 0.1) is 31.3 Å². The van der Waals surface area contributed by atoms with Crippen molar-refractivity contribution >= 4 is 14.3 Å². The lowest BCUT2D eigenvalue weighted by atomic mass is 9.83. The Labute approximate surface area is 255 Å². The topological polar surface area (TPSA) is 48.0 Å². The first kappa shape index (κ1) is 34.4. The van der Waals surface area contributed by atoms with Crippen LogP contribution in [0.3, 0.4) is 0 Å². The lowest BCUT2D eigenvalue weighted by Gasteiger charge is -2.41. The Morgan fingerprint density at radius 1 is 1.12 bits per heavy atom. The Hall–Kier alpha value is -2.06. The molecular weight excluding hydrogens is 545 g/mol. The fourth-order valence-electron chi connectivity index (χ4n) is 5.64. The van der Waals surface area contributed by atoms with Crippen molar-refractivity contribution in [2.24, 2.45) is 5.41 Å². The molecule has 1 aliphatic rings. The van der Waals surface area contributed by atoms with E-state index < -0.39 is 13.7 Å². The molecule has 0 unspecified atom stereocenters. The van der Waals surface area contributed by atoms with Crippen LogP contribution in [-0.2, 0) is 31.5 Å². The second kappa shape index (κ2) is 14.1. The first-order valence-corrected chi connectivity index (χ1v) is 18.4. The quantitative estimate of drug-likeness (QED) is 0.172. The standard InChI is InChI=1S/C35H54FNO4Si/c1-25-17-18-27(21-32(25)36)20-29-15-13-19-37(29)23-30(41-42(9,10)34(3,4)5)24-40-26(2)31-16-12-11-14-28(31)22-35(6,7)33(38)39-8/h11-12,14,16-18,21,26,29-30H,13,15,19-20,22-24H2,1-10H3/t26-,29+,30+/m1/s1. The molecule has 7 heteroatoms. The van der Waals surface area contributed by atoms with Crippen molar-refractivity contribution in [3.05, 3.63) is 70.5 Å². The second-order valence-corrected chi connectivity index (χ2v) is 19.1. The van der Waals surface area contributed by atoms with Crippen LogP contribution in [0.25, 0.3) is 0 Å². The van der Waals surface area contributed by atoms with Gasteiger partial charge in [-0.25, -0.2) is 4.39 Å². The zero-order valence-electron chi connectivity index (χ0n) is 27.7. The van der Waals surface area contributed by atoms with Crippen LogP contribution >= 0.6 is 0 Å². The number of aryl methyl sites for hydroxylation is 1. The van der Waals surface area contributed by atoms with Gasteiger partial charge in [0.1, 0.15) is 5.82 Å². The van der Waals surface area contributed by atoms with E-state index in [9.17, 15) is 9.18 Å². The predicted molar refractivity (Wildman–Crippen MR) is 172 cm³/mol. The average Bonchev–Trinajstić information content (AvgIpc) is 3.34. The number of benzene rings is 2. The molecule has 3 rings (SSSR count). The number of carbonyl (C=O) groups is 1. The van der Waals surface area contributed by atoms with Gasteiger partial charge in [-0.15, -0.1) is 0 Å². The smallest absolute Gasteiger partial charge is 0.311 e. The van der Waals surface area contributed by atoms with Crippen LogP contribution in [-0.4, -0.2) is 58.1 Å². The van der Waals surface area contributed by atoms with E-state index in [1.807, 2.05) is 39.0 Å². The normalized spacial score (nSPS) is 18.2. The first-order chi connectivity index (χ1) is 19.5. The second-order valence-electron chi connectivity index (χ2n) is 14.3. The van der Waals surface area contributed by atoms with Gasteiger partial charge in [-0.2, -0.15) is 0 Å². The molecule has 234 valence electrons. The predicted octanol–water partition coefficient (Wildman–Crippen LogP) is 8.05. The van der Waals surface area contributed by atoms with Crippen LogP contribution in [0.5, 0.6) is 0 Å². The van der Waals surface area contributed by atoms with Gasteiger partial charge in [-0.1, -0.05) is 57.2 Å². The van der Waals surface area contributed by atoms with Gasteiger partial charge in [0.25, 0.3) is 0 Å².